The van der Waals surface area contributed by atoms with Crippen LogP contribution in [0.2, 0.25) is 0 Å². The van der Waals surface area contributed by atoms with E-state index in [1.807, 2.05) is 43.1 Å². The van der Waals surface area contributed by atoms with E-state index in [-0.39, 0.29) is 6.04 Å². The second-order valence-electron chi connectivity index (χ2n) is 4.14. The molecule has 2 aromatic rings. The van der Waals surface area contributed by atoms with Crippen LogP contribution in [0.5, 0.6) is 0 Å². The van der Waals surface area contributed by atoms with Gasteiger partial charge in [0.1, 0.15) is 11.6 Å². The van der Waals surface area contributed by atoms with Gasteiger partial charge in [-0.15, -0.1) is 0 Å². The Hall–Kier alpha value is -1.81. The molecule has 0 saturated carbocycles. The molecule has 0 aromatic carbocycles. The van der Waals surface area contributed by atoms with Crippen molar-refractivity contribution in [2.45, 2.75) is 19.5 Å². The van der Waals surface area contributed by atoms with Crippen molar-refractivity contribution in [2.75, 3.05) is 11.9 Å². The Morgan fingerprint density at radius 3 is 2.88 bits per heavy atom. The lowest BCUT2D eigenvalue weighted by Gasteiger charge is -2.21. The van der Waals surface area contributed by atoms with Crippen molar-refractivity contribution in [3.63, 3.8) is 0 Å². The molecule has 0 aliphatic heterocycles. The fraction of sp³-hybridized carbons (Fsp3) is 0.308. The summed E-state index contributed by atoms with van der Waals surface area (Å²) in [5, 5.41) is 0. The number of nitrogens with zero attached hydrogens (tertiary/aromatic N) is 2. The quantitative estimate of drug-likeness (QED) is 0.877. The molecule has 4 heteroatoms. The van der Waals surface area contributed by atoms with Crippen molar-refractivity contribution < 1.29 is 4.42 Å². The number of hydrogen-bond donors (Lipinski definition) is 1. The first-order valence-corrected chi connectivity index (χ1v) is 5.62. The lowest BCUT2D eigenvalue weighted by Crippen LogP contribution is -2.21. The van der Waals surface area contributed by atoms with Crippen LogP contribution < -0.4 is 10.6 Å². The van der Waals surface area contributed by atoms with E-state index < -0.39 is 0 Å². The van der Waals surface area contributed by atoms with Gasteiger partial charge in [-0.3, -0.25) is 0 Å². The lowest BCUT2D eigenvalue weighted by atomic mass is 10.1. The minimum atomic E-state index is -0.0299. The van der Waals surface area contributed by atoms with Gasteiger partial charge < -0.3 is 15.1 Å². The standard InChI is InChI=1S/C13H17N3O/c1-10(14)12-6-3-7-15-13(12)16(2)9-11-5-4-8-17-11/h3-8,10H,9,14H2,1-2H3/t10-/m0/s1. The number of rotatable bonds is 4. The molecule has 0 spiro atoms. The molecule has 0 radical (unpaired) electrons. The van der Waals surface area contributed by atoms with Crippen molar-refractivity contribution >= 4 is 5.82 Å². The molecule has 90 valence electrons. The monoisotopic (exact) mass is 231 g/mol. The maximum Gasteiger partial charge on any atom is 0.133 e. The smallest absolute Gasteiger partial charge is 0.133 e. The third-order valence-corrected chi connectivity index (χ3v) is 2.64. The zero-order valence-electron chi connectivity index (χ0n) is 10.1. The van der Waals surface area contributed by atoms with E-state index in [0.29, 0.717) is 6.54 Å². The maximum absolute atomic E-state index is 5.94. The van der Waals surface area contributed by atoms with Gasteiger partial charge in [-0.1, -0.05) is 6.07 Å². The van der Waals surface area contributed by atoms with E-state index in [2.05, 4.69) is 4.98 Å². The van der Waals surface area contributed by atoms with Crippen LogP contribution in [0.3, 0.4) is 0 Å². The zero-order chi connectivity index (χ0) is 12.3. The summed E-state index contributed by atoms with van der Waals surface area (Å²) in [7, 11) is 1.98. The second-order valence-corrected chi connectivity index (χ2v) is 4.14. The Balaban J connectivity index is 2.21. The van der Waals surface area contributed by atoms with Crippen molar-refractivity contribution in [3.8, 4) is 0 Å². The predicted octanol–water partition coefficient (Wildman–Crippen LogP) is 2.33. The van der Waals surface area contributed by atoms with Gasteiger partial charge in [-0.25, -0.2) is 4.98 Å². The minimum absolute atomic E-state index is 0.0299. The van der Waals surface area contributed by atoms with Gasteiger partial charge >= 0.3 is 0 Å². The molecule has 0 aliphatic carbocycles. The molecular formula is C13H17N3O. The van der Waals surface area contributed by atoms with E-state index in [1.165, 1.54) is 0 Å². The zero-order valence-corrected chi connectivity index (χ0v) is 10.1. The molecule has 0 bridgehead atoms. The fourth-order valence-corrected chi connectivity index (χ4v) is 1.79. The first-order valence-electron chi connectivity index (χ1n) is 5.62. The number of furan rings is 1. The molecule has 4 nitrogen and oxygen atoms in total. The van der Waals surface area contributed by atoms with E-state index in [1.54, 1.807) is 12.5 Å². The summed E-state index contributed by atoms with van der Waals surface area (Å²) < 4.78 is 5.33. The van der Waals surface area contributed by atoms with Crippen LogP contribution in [0.25, 0.3) is 0 Å². The highest BCUT2D eigenvalue weighted by Crippen LogP contribution is 2.22. The number of anilines is 1. The van der Waals surface area contributed by atoms with Gasteiger partial charge in [0.25, 0.3) is 0 Å². The summed E-state index contributed by atoms with van der Waals surface area (Å²) >= 11 is 0. The maximum atomic E-state index is 5.94. The normalized spacial score (nSPS) is 12.4. The predicted molar refractivity (Wildman–Crippen MR) is 67.7 cm³/mol. The lowest BCUT2D eigenvalue weighted by molar-refractivity contribution is 0.506. The highest BCUT2D eigenvalue weighted by atomic mass is 16.3. The fourth-order valence-electron chi connectivity index (χ4n) is 1.79. The van der Waals surface area contributed by atoms with Gasteiger partial charge in [-0.05, 0) is 25.1 Å². The largest absolute Gasteiger partial charge is 0.467 e. The van der Waals surface area contributed by atoms with Gasteiger partial charge in [0.15, 0.2) is 0 Å². The van der Waals surface area contributed by atoms with Crippen molar-refractivity contribution in [3.05, 3.63) is 48.0 Å². The molecule has 0 aliphatic rings. The molecular weight excluding hydrogens is 214 g/mol. The Kier molecular flexibility index (Phi) is 3.44. The Labute approximate surface area is 101 Å². The molecule has 0 unspecified atom stereocenters. The summed E-state index contributed by atoms with van der Waals surface area (Å²) in [5.74, 6) is 1.81. The third-order valence-electron chi connectivity index (χ3n) is 2.64. The molecule has 2 heterocycles. The van der Waals surface area contributed by atoms with Gasteiger partial charge in [0.2, 0.25) is 0 Å². The van der Waals surface area contributed by atoms with Crippen LogP contribution in [0, 0.1) is 0 Å². The molecule has 1 atom stereocenters. The number of hydrogen-bond acceptors (Lipinski definition) is 4. The molecule has 2 rings (SSSR count). The van der Waals surface area contributed by atoms with E-state index in [4.69, 9.17) is 10.2 Å². The van der Waals surface area contributed by atoms with Gasteiger partial charge in [0.05, 0.1) is 12.8 Å². The molecule has 17 heavy (non-hydrogen) atoms. The van der Waals surface area contributed by atoms with Crippen LogP contribution in [0.4, 0.5) is 5.82 Å². The summed E-state index contributed by atoms with van der Waals surface area (Å²) in [4.78, 5) is 6.42. The van der Waals surface area contributed by atoms with Crippen LogP contribution in [-0.4, -0.2) is 12.0 Å². The highest BCUT2D eigenvalue weighted by Gasteiger charge is 2.12. The van der Waals surface area contributed by atoms with E-state index in [9.17, 15) is 0 Å². The molecule has 0 saturated heterocycles. The topological polar surface area (TPSA) is 55.3 Å². The first kappa shape index (κ1) is 11.7. The SMILES string of the molecule is C[C@H](N)c1cccnc1N(C)Cc1ccco1. The summed E-state index contributed by atoms with van der Waals surface area (Å²) in [6.07, 6.45) is 3.45. The first-order chi connectivity index (χ1) is 8.18. The Bertz CT molecular complexity index is 465. The number of pyridine rings is 1. The van der Waals surface area contributed by atoms with Crippen molar-refractivity contribution in [1.82, 2.24) is 4.98 Å². The van der Waals surface area contributed by atoms with E-state index >= 15 is 0 Å². The summed E-state index contributed by atoms with van der Waals surface area (Å²) in [5.41, 5.74) is 6.98. The summed E-state index contributed by atoms with van der Waals surface area (Å²) in [6, 6.07) is 7.71. The molecule has 0 amide bonds. The Morgan fingerprint density at radius 2 is 2.24 bits per heavy atom. The van der Waals surface area contributed by atoms with Crippen LogP contribution in [0.1, 0.15) is 24.3 Å². The molecule has 0 fully saturated rings. The minimum Gasteiger partial charge on any atom is -0.467 e. The second kappa shape index (κ2) is 5.01. The van der Waals surface area contributed by atoms with Crippen LogP contribution >= 0.6 is 0 Å². The van der Waals surface area contributed by atoms with Crippen molar-refractivity contribution in [1.29, 1.82) is 0 Å². The average Bonchev–Trinajstić information content (AvgIpc) is 2.81. The summed E-state index contributed by atoms with van der Waals surface area (Å²) in [6.45, 7) is 2.64. The van der Waals surface area contributed by atoms with Crippen LogP contribution in [-0.2, 0) is 6.54 Å². The van der Waals surface area contributed by atoms with Crippen molar-refractivity contribution in [2.24, 2.45) is 5.73 Å². The number of nitrogens with two attached hydrogens (primary N) is 1. The average molecular weight is 231 g/mol. The van der Waals surface area contributed by atoms with Gasteiger partial charge in [0, 0.05) is 24.8 Å². The molecule has 2 N–H and O–H groups in total. The van der Waals surface area contributed by atoms with Gasteiger partial charge in [-0.2, -0.15) is 0 Å². The third kappa shape index (κ3) is 2.65. The van der Waals surface area contributed by atoms with Crippen LogP contribution in [0.15, 0.2) is 41.1 Å². The number of aromatic nitrogens is 1. The highest BCUT2D eigenvalue weighted by molar-refractivity contribution is 5.47. The Morgan fingerprint density at radius 1 is 1.41 bits per heavy atom. The van der Waals surface area contributed by atoms with E-state index in [0.717, 1.165) is 17.1 Å². The molecule has 2 aromatic heterocycles.